The van der Waals surface area contributed by atoms with E-state index in [0.29, 0.717) is 0 Å². The molecule has 5 nitrogen and oxygen atoms in total. The highest BCUT2D eigenvalue weighted by atomic mass is 16.2. The molecule has 1 fully saturated rings. The second-order valence-electron chi connectivity index (χ2n) is 9.41. The summed E-state index contributed by atoms with van der Waals surface area (Å²) < 4.78 is 1.85. The molecule has 1 saturated heterocycles. The number of rotatable bonds is 7. The standard InChI is InChI=1S/C27H34N4O/c1-21(2)29-26(32)27(13-15-31(16-14-27)20-22-18-28-30(3)19-22)17-24-11-7-8-12-25(24)23-9-5-4-6-10-23/h4-12,18-19,21H,13-17,20H2,1-3H3,(H,29,32). The van der Waals surface area contributed by atoms with Gasteiger partial charge in [-0.25, -0.2) is 0 Å². The van der Waals surface area contributed by atoms with Gasteiger partial charge in [-0.2, -0.15) is 5.10 Å². The molecule has 168 valence electrons. The van der Waals surface area contributed by atoms with Crippen LogP contribution in [0.3, 0.4) is 0 Å². The molecule has 0 bridgehead atoms. The maximum Gasteiger partial charge on any atom is 0.226 e. The van der Waals surface area contributed by atoms with Gasteiger partial charge in [0.05, 0.1) is 11.6 Å². The number of nitrogens with zero attached hydrogens (tertiary/aromatic N) is 3. The Balaban J connectivity index is 1.57. The lowest BCUT2D eigenvalue weighted by molar-refractivity contribution is -0.134. The van der Waals surface area contributed by atoms with E-state index in [0.717, 1.165) is 38.9 Å². The zero-order valence-corrected chi connectivity index (χ0v) is 19.4. The number of aromatic nitrogens is 2. The van der Waals surface area contributed by atoms with Crippen molar-refractivity contribution in [3.63, 3.8) is 0 Å². The number of piperidine rings is 1. The Hall–Kier alpha value is -2.92. The molecular weight excluding hydrogens is 396 g/mol. The number of amides is 1. The molecule has 1 aromatic heterocycles. The van der Waals surface area contributed by atoms with Gasteiger partial charge in [0.2, 0.25) is 5.91 Å². The second kappa shape index (κ2) is 9.70. The van der Waals surface area contributed by atoms with E-state index in [4.69, 9.17) is 0 Å². The summed E-state index contributed by atoms with van der Waals surface area (Å²) in [6.07, 6.45) is 6.48. The van der Waals surface area contributed by atoms with Gasteiger partial charge in [-0.1, -0.05) is 54.6 Å². The molecule has 4 rings (SSSR count). The lowest BCUT2D eigenvalue weighted by Gasteiger charge is -2.41. The van der Waals surface area contributed by atoms with Crippen LogP contribution in [0.1, 0.15) is 37.8 Å². The third kappa shape index (κ3) is 5.10. The SMILES string of the molecule is CC(C)NC(=O)C1(Cc2ccccc2-c2ccccc2)CCN(Cc2cnn(C)c2)CC1. The zero-order valence-electron chi connectivity index (χ0n) is 19.4. The van der Waals surface area contributed by atoms with Crippen LogP contribution in [0.2, 0.25) is 0 Å². The van der Waals surface area contributed by atoms with E-state index >= 15 is 0 Å². The van der Waals surface area contributed by atoms with Crippen molar-refractivity contribution in [3.05, 3.63) is 78.1 Å². The fourth-order valence-corrected chi connectivity index (χ4v) is 4.79. The Bertz CT molecular complexity index is 1030. The Morgan fingerprint density at radius 3 is 2.41 bits per heavy atom. The van der Waals surface area contributed by atoms with Crippen LogP contribution in [0.25, 0.3) is 11.1 Å². The van der Waals surface area contributed by atoms with Gasteiger partial charge in [0.1, 0.15) is 0 Å². The van der Waals surface area contributed by atoms with Gasteiger partial charge < -0.3 is 5.32 Å². The Morgan fingerprint density at radius 1 is 1.06 bits per heavy atom. The molecule has 2 heterocycles. The van der Waals surface area contributed by atoms with Gasteiger partial charge in [0.25, 0.3) is 0 Å². The Kier molecular flexibility index (Phi) is 6.75. The molecule has 1 amide bonds. The first-order valence-electron chi connectivity index (χ1n) is 11.6. The smallest absolute Gasteiger partial charge is 0.226 e. The van der Waals surface area contributed by atoms with E-state index in [-0.39, 0.29) is 17.4 Å². The molecule has 0 aliphatic carbocycles. The van der Waals surface area contributed by atoms with Gasteiger partial charge in [0.15, 0.2) is 0 Å². The molecule has 32 heavy (non-hydrogen) atoms. The summed E-state index contributed by atoms with van der Waals surface area (Å²) >= 11 is 0. The van der Waals surface area contributed by atoms with Crippen molar-refractivity contribution < 1.29 is 4.79 Å². The van der Waals surface area contributed by atoms with Crippen LogP contribution < -0.4 is 5.32 Å². The second-order valence-corrected chi connectivity index (χ2v) is 9.41. The lowest BCUT2D eigenvalue weighted by atomic mass is 9.71. The minimum atomic E-state index is -0.388. The van der Waals surface area contributed by atoms with Gasteiger partial charge >= 0.3 is 0 Å². The van der Waals surface area contributed by atoms with E-state index < -0.39 is 0 Å². The predicted octanol–water partition coefficient (Wildman–Crippen LogP) is 4.44. The zero-order chi connectivity index (χ0) is 22.6. The number of benzene rings is 2. The Labute approximate surface area is 191 Å². The molecule has 3 aromatic rings. The van der Waals surface area contributed by atoms with Crippen LogP contribution in [0.4, 0.5) is 0 Å². The molecule has 0 radical (unpaired) electrons. The van der Waals surface area contributed by atoms with E-state index in [1.165, 1.54) is 22.3 Å². The highest BCUT2D eigenvalue weighted by Gasteiger charge is 2.42. The molecule has 2 aromatic carbocycles. The van der Waals surface area contributed by atoms with Crippen molar-refractivity contribution in [3.8, 4) is 11.1 Å². The number of aryl methyl sites for hydroxylation is 1. The molecule has 1 aliphatic heterocycles. The molecule has 0 atom stereocenters. The van der Waals surface area contributed by atoms with Crippen LogP contribution in [0.15, 0.2) is 67.0 Å². The van der Waals surface area contributed by atoms with Crippen molar-refractivity contribution >= 4 is 5.91 Å². The van der Waals surface area contributed by atoms with Crippen LogP contribution in [0, 0.1) is 5.41 Å². The minimum absolute atomic E-state index is 0.136. The summed E-state index contributed by atoms with van der Waals surface area (Å²) in [5.74, 6) is 0.191. The van der Waals surface area contributed by atoms with Crippen molar-refractivity contribution in [1.29, 1.82) is 0 Å². The third-order valence-corrected chi connectivity index (χ3v) is 6.51. The van der Waals surface area contributed by atoms with Crippen molar-refractivity contribution in [2.24, 2.45) is 12.5 Å². The molecule has 1 N–H and O–H groups in total. The Morgan fingerprint density at radius 2 is 1.75 bits per heavy atom. The number of hydrogen-bond donors (Lipinski definition) is 1. The van der Waals surface area contributed by atoms with E-state index in [2.05, 4.69) is 70.0 Å². The van der Waals surface area contributed by atoms with Gasteiger partial charge in [-0.3, -0.25) is 14.4 Å². The summed E-state index contributed by atoms with van der Waals surface area (Å²) in [4.78, 5) is 16.0. The summed E-state index contributed by atoms with van der Waals surface area (Å²) in [6, 6.07) is 19.2. The normalized spacial score (nSPS) is 16.2. The topological polar surface area (TPSA) is 50.2 Å². The van der Waals surface area contributed by atoms with Crippen LogP contribution in [-0.2, 0) is 24.8 Å². The summed E-state index contributed by atoms with van der Waals surface area (Å²) in [6.45, 7) is 6.79. The van der Waals surface area contributed by atoms with Gasteiger partial charge in [-0.05, 0) is 62.9 Å². The largest absolute Gasteiger partial charge is 0.353 e. The number of carbonyl (C=O) groups excluding carboxylic acids is 1. The summed E-state index contributed by atoms with van der Waals surface area (Å²) in [5.41, 5.74) is 4.51. The number of likely N-dealkylation sites (tertiary alicyclic amines) is 1. The van der Waals surface area contributed by atoms with Crippen LogP contribution in [0.5, 0.6) is 0 Å². The summed E-state index contributed by atoms with van der Waals surface area (Å²) in [5, 5.41) is 7.52. The molecule has 0 spiro atoms. The monoisotopic (exact) mass is 430 g/mol. The van der Waals surface area contributed by atoms with Gasteiger partial charge in [-0.15, -0.1) is 0 Å². The average molecular weight is 431 g/mol. The molecule has 0 unspecified atom stereocenters. The van der Waals surface area contributed by atoms with E-state index in [9.17, 15) is 4.79 Å². The van der Waals surface area contributed by atoms with E-state index in [1.807, 2.05) is 37.8 Å². The highest BCUT2D eigenvalue weighted by Crippen LogP contribution is 2.38. The number of nitrogens with one attached hydrogen (secondary N) is 1. The maximum absolute atomic E-state index is 13.5. The van der Waals surface area contributed by atoms with Crippen molar-refractivity contribution in [1.82, 2.24) is 20.0 Å². The number of carbonyl (C=O) groups is 1. The van der Waals surface area contributed by atoms with Gasteiger partial charge in [0, 0.05) is 31.4 Å². The molecule has 1 aliphatic rings. The highest BCUT2D eigenvalue weighted by molar-refractivity contribution is 5.84. The molecular formula is C27H34N4O. The first-order chi connectivity index (χ1) is 15.4. The van der Waals surface area contributed by atoms with Crippen molar-refractivity contribution in [2.75, 3.05) is 13.1 Å². The summed E-state index contributed by atoms with van der Waals surface area (Å²) in [7, 11) is 1.95. The molecule has 0 saturated carbocycles. The maximum atomic E-state index is 13.5. The predicted molar refractivity (Wildman–Crippen MR) is 129 cm³/mol. The average Bonchev–Trinajstić information content (AvgIpc) is 3.20. The quantitative estimate of drug-likeness (QED) is 0.603. The first kappa shape index (κ1) is 22.3. The fourth-order valence-electron chi connectivity index (χ4n) is 4.79. The van der Waals surface area contributed by atoms with Crippen LogP contribution >= 0.6 is 0 Å². The van der Waals surface area contributed by atoms with Crippen molar-refractivity contribution in [2.45, 2.75) is 45.7 Å². The fraction of sp³-hybridized carbons (Fsp3) is 0.407. The third-order valence-electron chi connectivity index (χ3n) is 6.51. The van der Waals surface area contributed by atoms with E-state index in [1.54, 1.807) is 0 Å². The van der Waals surface area contributed by atoms with Crippen LogP contribution in [-0.4, -0.2) is 39.7 Å². The lowest BCUT2D eigenvalue weighted by Crippen LogP contribution is -2.51. The minimum Gasteiger partial charge on any atom is -0.353 e. The number of hydrogen-bond acceptors (Lipinski definition) is 3. The molecule has 5 heteroatoms. The first-order valence-corrected chi connectivity index (χ1v) is 11.6.